The summed E-state index contributed by atoms with van der Waals surface area (Å²) in [6.07, 6.45) is 4.90. The lowest BCUT2D eigenvalue weighted by atomic mass is 10.1. The zero-order valence-electron chi connectivity index (χ0n) is 11.8. The summed E-state index contributed by atoms with van der Waals surface area (Å²) < 4.78 is 0. The Morgan fingerprint density at radius 3 is 3.00 bits per heavy atom. The van der Waals surface area contributed by atoms with E-state index in [1.807, 2.05) is 31.4 Å². The van der Waals surface area contributed by atoms with Crippen LogP contribution in [-0.4, -0.2) is 42.0 Å². The van der Waals surface area contributed by atoms with Crippen LogP contribution in [0.1, 0.15) is 19.0 Å². The molecule has 4 nitrogen and oxygen atoms in total. The van der Waals surface area contributed by atoms with E-state index in [1.54, 1.807) is 6.08 Å². The first-order chi connectivity index (χ1) is 9.13. The molecule has 0 spiro atoms. The first kappa shape index (κ1) is 15.4. The minimum atomic E-state index is 0.0665. The average molecular weight is 261 g/mol. The number of hydrogen-bond donors (Lipinski definition) is 1. The Hall–Kier alpha value is -1.68. The van der Waals surface area contributed by atoms with Crippen LogP contribution >= 0.6 is 0 Å². The molecule has 0 saturated heterocycles. The topological polar surface area (TPSA) is 45.2 Å². The van der Waals surface area contributed by atoms with E-state index in [9.17, 15) is 4.79 Å². The molecular weight excluding hydrogens is 238 g/mol. The third-order valence-electron chi connectivity index (χ3n) is 3.12. The number of nitrogens with one attached hydrogen (secondary N) is 1. The van der Waals surface area contributed by atoms with Crippen LogP contribution in [0.2, 0.25) is 0 Å². The van der Waals surface area contributed by atoms with Crippen molar-refractivity contribution < 1.29 is 4.79 Å². The molecule has 0 bridgehead atoms. The molecule has 0 aliphatic carbocycles. The SMILES string of the molecule is C=CCNC(=O)CCN(C)[C@@H](C)Cc1ccccn1. The van der Waals surface area contributed by atoms with E-state index >= 15 is 0 Å². The summed E-state index contributed by atoms with van der Waals surface area (Å²) in [5, 5.41) is 2.78. The Morgan fingerprint density at radius 2 is 2.37 bits per heavy atom. The predicted molar refractivity (Wildman–Crippen MR) is 77.9 cm³/mol. The fourth-order valence-corrected chi connectivity index (χ4v) is 1.75. The van der Waals surface area contributed by atoms with E-state index in [0.29, 0.717) is 19.0 Å². The molecule has 1 rings (SSSR count). The van der Waals surface area contributed by atoms with Gasteiger partial charge in [0.15, 0.2) is 0 Å². The fraction of sp³-hybridized carbons (Fsp3) is 0.467. The van der Waals surface area contributed by atoms with Crippen molar-refractivity contribution in [1.82, 2.24) is 15.2 Å². The van der Waals surface area contributed by atoms with Crippen LogP contribution in [0.25, 0.3) is 0 Å². The largest absolute Gasteiger partial charge is 0.353 e. The Labute approximate surface area is 115 Å². The van der Waals surface area contributed by atoms with E-state index in [4.69, 9.17) is 0 Å². The van der Waals surface area contributed by atoms with Gasteiger partial charge in [-0.15, -0.1) is 6.58 Å². The van der Waals surface area contributed by atoms with Crippen LogP contribution in [-0.2, 0) is 11.2 Å². The average Bonchev–Trinajstić information content (AvgIpc) is 2.43. The first-order valence-electron chi connectivity index (χ1n) is 6.61. The molecule has 1 amide bonds. The number of hydrogen-bond acceptors (Lipinski definition) is 3. The van der Waals surface area contributed by atoms with Crippen molar-refractivity contribution >= 4 is 5.91 Å². The third-order valence-corrected chi connectivity index (χ3v) is 3.12. The van der Waals surface area contributed by atoms with E-state index < -0.39 is 0 Å². The lowest BCUT2D eigenvalue weighted by Gasteiger charge is -2.24. The lowest BCUT2D eigenvalue weighted by molar-refractivity contribution is -0.121. The van der Waals surface area contributed by atoms with E-state index in [-0.39, 0.29) is 5.91 Å². The maximum Gasteiger partial charge on any atom is 0.221 e. The number of nitrogens with zero attached hydrogens (tertiary/aromatic N) is 2. The number of aromatic nitrogens is 1. The monoisotopic (exact) mass is 261 g/mol. The van der Waals surface area contributed by atoms with Crippen molar-refractivity contribution in [3.8, 4) is 0 Å². The molecule has 1 N–H and O–H groups in total. The Kier molecular flexibility index (Phi) is 6.82. The summed E-state index contributed by atoms with van der Waals surface area (Å²) in [5.74, 6) is 0.0665. The molecule has 4 heteroatoms. The first-order valence-corrected chi connectivity index (χ1v) is 6.61. The molecule has 0 saturated carbocycles. The standard InChI is InChI=1S/C15H23N3O/c1-4-9-17-15(19)8-11-18(3)13(2)12-14-7-5-6-10-16-14/h4-7,10,13H,1,8-9,11-12H2,2-3H3,(H,17,19)/t13-/m0/s1. The van der Waals surface area contributed by atoms with Gasteiger partial charge in [0.2, 0.25) is 5.91 Å². The van der Waals surface area contributed by atoms with Gasteiger partial charge in [0.25, 0.3) is 0 Å². The maximum atomic E-state index is 11.5. The van der Waals surface area contributed by atoms with Crippen molar-refractivity contribution in [3.05, 3.63) is 42.7 Å². The molecule has 0 unspecified atom stereocenters. The van der Waals surface area contributed by atoms with Gasteiger partial charge in [0, 0.05) is 43.9 Å². The van der Waals surface area contributed by atoms with Crippen molar-refractivity contribution in [2.45, 2.75) is 25.8 Å². The summed E-state index contributed by atoms with van der Waals surface area (Å²) in [7, 11) is 2.04. The number of pyridine rings is 1. The normalized spacial score (nSPS) is 12.2. The fourth-order valence-electron chi connectivity index (χ4n) is 1.75. The van der Waals surface area contributed by atoms with Crippen LogP contribution in [0, 0.1) is 0 Å². The van der Waals surface area contributed by atoms with Gasteiger partial charge in [-0.1, -0.05) is 12.1 Å². The highest BCUT2D eigenvalue weighted by Gasteiger charge is 2.11. The van der Waals surface area contributed by atoms with Gasteiger partial charge < -0.3 is 10.2 Å². The summed E-state index contributed by atoms with van der Waals surface area (Å²) in [4.78, 5) is 18.0. The molecule has 0 aliphatic heterocycles. The van der Waals surface area contributed by atoms with Gasteiger partial charge >= 0.3 is 0 Å². The zero-order valence-corrected chi connectivity index (χ0v) is 11.8. The van der Waals surface area contributed by atoms with Crippen LogP contribution < -0.4 is 5.32 Å². The molecule has 0 radical (unpaired) electrons. The molecule has 0 fully saturated rings. The van der Waals surface area contributed by atoms with Crippen LogP contribution in [0.3, 0.4) is 0 Å². The van der Waals surface area contributed by atoms with E-state index in [1.165, 1.54) is 0 Å². The smallest absolute Gasteiger partial charge is 0.221 e. The summed E-state index contributed by atoms with van der Waals surface area (Å²) >= 11 is 0. The zero-order chi connectivity index (χ0) is 14.1. The Balaban J connectivity index is 2.30. The van der Waals surface area contributed by atoms with Crippen LogP contribution in [0.15, 0.2) is 37.1 Å². The highest BCUT2D eigenvalue weighted by molar-refractivity contribution is 5.76. The minimum Gasteiger partial charge on any atom is -0.353 e. The minimum absolute atomic E-state index is 0.0665. The van der Waals surface area contributed by atoms with Crippen molar-refractivity contribution in [2.75, 3.05) is 20.1 Å². The molecule has 0 aliphatic rings. The molecule has 0 aromatic carbocycles. The molecule has 1 heterocycles. The Bertz CT molecular complexity index is 392. The molecule has 104 valence electrons. The molecule has 1 aromatic heterocycles. The quantitative estimate of drug-likeness (QED) is 0.724. The summed E-state index contributed by atoms with van der Waals surface area (Å²) in [6, 6.07) is 6.31. The van der Waals surface area contributed by atoms with Gasteiger partial charge in [-0.25, -0.2) is 0 Å². The Morgan fingerprint density at radius 1 is 1.58 bits per heavy atom. The second-order valence-corrected chi connectivity index (χ2v) is 4.70. The van der Waals surface area contributed by atoms with Crippen molar-refractivity contribution in [3.63, 3.8) is 0 Å². The maximum absolute atomic E-state index is 11.5. The van der Waals surface area contributed by atoms with Gasteiger partial charge in [-0.05, 0) is 26.1 Å². The highest BCUT2D eigenvalue weighted by Crippen LogP contribution is 2.05. The second-order valence-electron chi connectivity index (χ2n) is 4.70. The van der Waals surface area contributed by atoms with Gasteiger partial charge in [-0.3, -0.25) is 9.78 Å². The highest BCUT2D eigenvalue weighted by atomic mass is 16.1. The number of carbonyl (C=O) groups is 1. The molecular formula is C15H23N3O. The van der Waals surface area contributed by atoms with Gasteiger partial charge in [0.05, 0.1) is 0 Å². The number of rotatable bonds is 8. The molecule has 19 heavy (non-hydrogen) atoms. The second kappa shape index (κ2) is 8.43. The molecule has 1 atom stereocenters. The summed E-state index contributed by atoms with van der Waals surface area (Å²) in [6.45, 7) is 7.00. The van der Waals surface area contributed by atoms with Crippen molar-refractivity contribution in [2.24, 2.45) is 0 Å². The molecule has 1 aromatic rings. The number of carbonyl (C=O) groups excluding carboxylic acids is 1. The van der Waals surface area contributed by atoms with Gasteiger partial charge in [-0.2, -0.15) is 0 Å². The van der Waals surface area contributed by atoms with Crippen LogP contribution in [0.4, 0.5) is 0 Å². The third kappa shape index (κ3) is 6.15. The van der Waals surface area contributed by atoms with Gasteiger partial charge in [0.1, 0.15) is 0 Å². The summed E-state index contributed by atoms with van der Waals surface area (Å²) in [5.41, 5.74) is 1.08. The number of likely N-dealkylation sites (N-methyl/N-ethyl adjacent to an activating group) is 1. The van der Waals surface area contributed by atoms with Crippen LogP contribution in [0.5, 0.6) is 0 Å². The van der Waals surface area contributed by atoms with E-state index in [2.05, 4.69) is 28.7 Å². The number of amides is 1. The van der Waals surface area contributed by atoms with E-state index in [0.717, 1.165) is 18.7 Å². The van der Waals surface area contributed by atoms with Crippen molar-refractivity contribution in [1.29, 1.82) is 0 Å². The lowest BCUT2D eigenvalue weighted by Crippen LogP contribution is -2.35. The predicted octanol–water partition coefficient (Wildman–Crippen LogP) is 1.64.